The van der Waals surface area contributed by atoms with Crippen LogP contribution in [0.25, 0.3) is 0 Å². The van der Waals surface area contributed by atoms with Crippen molar-refractivity contribution in [1.29, 1.82) is 0 Å². The third-order valence-corrected chi connectivity index (χ3v) is 1.57. The second-order valence-electron chi connectivity index (χ2n) is 1.07. The summed E-state index contributed by atoms with van der Waals surface area (Å²) >= 11 is 0. The molecule has 1 N–H and O–H groups in total. The summed E-state index contributed by atoms with van der Waals surface area (Å²) < 4.78 is 18.6. The number of hydrogen-bond acceptors (Lipinski definition) is 3. The number of phosphoric ester groups is 1. The first kappa shape index (κ1) is 8.11. The van der Waals surface area contributed by atoms with E-state index in [0.717, 1.165) is 7.11 Å². The molecule has 0 saturated heterocycles. The maximum Gasteiger partial charge on any atom is 0.471 e. The van der Waals surface area contributed by atoms with Crippen molar-refractivity contribution in [3.05, 3.63) is 0 Å². The molecule has 4 nitrogen and oxygen atoms in total. The Morgan fingerprint density at radius 1 is 1.75 bits per heavy atom. The quantitative estimate of drug-likeness (QED) is 0.588. The molecule has 0 aliphatic carbocycles. The lowest BCUT2D eigenvalue weighted by molar-refractivity contribution is 0.181. The number of phosphoric acid groups is 1. The first-order valence-corrected chi connectivity index (χ1v) is 3.65. The highest BCUT2D eigenvalue weighted by atomic mass is 31.2. The van der Waals surface area contributed by atoms with Gasteiger partial charge in [-0.3, -0.25) is 9.05 Å². The van der Waals surface area contributed by atoms with Crippen molar-refractivity contribution in [3.63, 3.8) is 0 Å². The van der Waals surface area contributed by atoms with Crippen molar-refractivity contribution in [3.8, 4) is 0 Å². The van der Waals surface area contributed by atoms with E-state index in [2.05, 4.69) is 9.05 Å². The molecule has 0 fully saturated rings. The summed E-state index contributed by atoms with van der Waals surface area (Å²) in [5.74, 6) is 0. The van der Waals surface area contributed by atoms with Crippen LogP contribution in [-0.2, 0) is 13.6 Å². The van der Waals surface area contributed by atoms with E-state index < -0.39 is 7.82 Å². The van der Waals surface area contributed by atoms with Crippen molar-refractivity contribution in [2.24, 2.45) is 0 Å². The molecule has 0 saturated carbocycles. The van der Waals surface area contributed by atoms with Crippen molar-refractivity contribution in [2.45, 2.75) is 6.92 Å². The van der Waals surface area contributed by atoms with E-state index in [0.29, 0.717) is 0 Å². The highest BCUT2D eigenvalue weighted by molar-refractivity contribution is 7.47. The van der Waals surface area contributed by atoms with E-state index in [4.69, 9.17) is 4.89 Å². The summed E-state index contributed by atoms with van der Waals surface area (Å²) in [6.07, 6.45) is 0. The highest BCUT2D eigenvalue weighted by Gasteiger charge is 2.15. The molecule has 0 aromatic carbocycles. The Bertz CT molecular complexity index is 101. The normalized spacial score (nSPS) is 17.9. The Labute approximate surface area is 48.0 Å². The van der Waals surface area contributed by atoms with Crippen LogP contribution in [-0.4, -0.2) is 18.6 Å². The first-order valence-electron chi connectivity index (χ1n) is 2.15. The second kappa shape index (κ2) is 3.20. The molecule has 0 bridgehead atoms. The van der Waals surface area contributed by atoms with Gasteiger partial charge in [0.25, 0.3) is 0 Å². The molecule has 0 amide bonds. The number of rotatable bonds is 3. The van der Waals surface area contributed by atoms with Gasteiger partial charge in [-0.05, 0) is 6.92 Å². The van der Waals surface area contributed by atoms with Gasteiger partial charge < -0.3 is 4.89 Å². The fraction of sp³-hybridized carbons (Fsp3) is 1.00. The second-order valence-corrected chi connectivity index (χ2v) is 2.63. The third kappa shape index (κ3) is 3.16. The Morgan fingerprint density at radius 2 is 2.25 bits per heavy atom. The summed E-state index contributed by atoms with van der Waals surface area (Å²) in [5.41, 5.74) is 0. The van der Waals surface area contributed by atoms with Gasteiger partial charge in [-0.2, -0.15) is 0 Å². The molecule has 0 aliphatic heterocycles. The van der Waals surface area contributed by atoms with Gasteiger partial charge in [0, 0.05) is 7.11 Å². The predicted octanol–water partition coefficient (Wildman–Crippen LogP) is 0.770. The molecule has 0 aromatic heterocycles. The lowest BCUT2D eigenvalue weighted by atomic mass is 10.9. The van der Waals surface area contributed by atoms with Crippen molar-refractivity contribution in [2.75, 3.05) is 13.7 Å². The van der Waals surface area contributed by atoms with Crippen LogP contribution in [0.3, 0.4) is 0 Å². The maximum atomic E-state index is 10.3. The lowest BCUT2D eigenvalue weighted by Crippen LogP contribution is -1.89. The third-order valence-electron chi connectivity index (χ3n) is 0.523. The van der Waals surface area contributed by atoms with Gasteiger partial charge in [-0.25, -0.2) is 4.57 Å². The molecule has 0 rings (SSSR count). The minimum Gasteiger partial charge on any atom is -0.303 e. The average molecular weight is 140 g/mol. The van der Waals surface area contributed by atoms with E-state index in [1.165, 1.54) is 0 Å². The Morgan fingerprint density at radius 3 is 2.38 bits per heavy atom. The van der Waals surface area contributed by atoms with Gasteiger partial charge in [-0.15, -0.1) is 0 Å². The standard InChI is InChI=1S/C3H9O4P/c1-3-7-8(4,5)6-2/h3H2,1-2H3,(H,4,5). The van der Waals surface area contributed by atoms with E-state index in [9.17, 15) is 4.57 Å². The predicted molar refractivity (Wildman–Crippen MR) is 28.5 cm³/mol. The van der Waals surface area contributed by atoms with Crippen molar-refractivity contribution < 1.29 is 18.5 Å². The zero-order valence-corrected chi connectivity index (χ0v) is 5.72. The van der Waals surface area contributed by atoms with E-state index in [1.807, 2.05) is 0 Å². The molecule has 8 heavy (non-hydrogen) atoms. The first-order chi connectivity index (χ1) is 3.62. The molecule has 1 unspecified atom stereocenters. The van der Waals surface area contributed by atoms with Gasteiger partial charge in [-0.1, -0.05) is 0 Å². The molecule has 5 heteroatoms. The topological polar surface area (TPSA) is 55.8 Å². The van der Waals surface area contributed by atoms with Gasteiger partial charge in [0.15, 0.2) is 0 Å². The fourth-order valence-electron chi connectivity index (χ4n) is 0.216. The Balaban J connectivity index is 3.55. The summed E-state index contributed by atoms with van der Waals surface area (Å²) in [4.78, 5) is 8.43. The summed E-state index contributed by atoms with van der Waals surface area (Å²) in [7, 11) is -2.55. The highest BCUT2D eigenvalue weighted by Crippen LogP contribution is 2.41. The Kier molecular flexibility index (Phi) is 3.24. The van der Waals surface area contributed by atoms with E-state index >= 15 is 0 Å². The van der Waals surface area contributed by atoms with Crippen LogP contribution in [0.1, 0.15) is 6.92 Å². The molecular weight excluding hydrogens is 131 g/mol. The van der Waals surface area contributed by atoms with Gasteiger partial charge >= 0.3 is 7.82 Å². The molecule has 50 valence electrons. The van der Waals surface area contributed by atoms with Crippen LogP contribution < -0.4 is 0 Å². The van der Waals surface area contributed by atoms with Crippen molar-refractivity contribution in [1.82, 2.24) is 0 Å². The smallest absolute Gasteiger partial charge is 0.303 e. The van der Waals surface area contributed by atoms with Crippen LogP contribution in [0.4, 0.5) is 0 Å². The van der Waals surface area contributed by atoms with Crippen LogP contribution in [0.2, 0.25) is 0 Å². The largest absolute Gasteiger partial charge is 0.471 e. The minimum atomic E-state index is -3.67. The van der Waals surface area contributed by atoms with Gasteiger partial charge in [0.1, 0.15) is 0 Å². The minimum absolute atomic E-state index is 0.182. The summed E-state index contributed by atoms with van der Waals surface area (Å²) in [6, 6.07) is 0. The zero-order chi connectivity index (χ0) is 6.62. The van der Waals surface area contributed by atoms with Crippen LogP contribution in [0, 0.1) is 0 Å². The molecule has 0 heterocycles. The monoisotopic (exact) mass is 140 g/mol. The van der Waals surface area contributed by atoms with Crippen LogP contribution >= 0.6 is 7.82 Å². The average Bonchev–Trinajstić information content (AvgIpc) is 1.67. The molecule has 1 atom stereocenters. The van der Waals surface area contributed by atoms with Gasteiger partial charge in [0.05, 0.1) is 6.61 Å². The summed E-state index contributed by atoms with van der Waals surface area (Å²) in [6.45, 7) is 1.80. The summed E-state index contributed by atoms with van der Waals surface area (Å²) in [5, 5.41) is 0. The molecular formula is C3H9O4P. The van der Waals surface area contributed by atoms with Crippen molar-refractivity contribution >= 4 is 7.82 Å². The molecule has 0 spiro atoms. The number of hydrogen-bond donors (Lipinski definition) is 1. The molecule has 0 aromatic rings. The van der Waals surface area contributed by atoms with Crippen LogP contribution in [0.15, 0.2) is 0 Å². The fourth-order valence-corrected chi connectivity index (χ4v) is 0.648. The molecule has 0 radical (unpaired) electrons. The van der Waals surface area contributed by atoms with E-state index in [1.54, 1.807) is 6.92 Å². The van der Waals surface area contributed by atoms with Crippen LogP contribution in [0.5, 0.6) is 0 Å². The maximum absolute atomic E-state index is 10.3. The zero-order valence-electron chi connectivity index (χ0n) is 4.83. The molecule has 0 aliphatic rings. The lowest BCUT2D eigenvalue weighted by Gasteiger charge is -2.04. The van der Waals surface area contributed by atoms with E-state index in [-0.39, 0.29) is 6.61 Å². The Hall–Kier alpha value is 0.110. The van der Waals surface area contributed by atoms with Gasteiger partial charge in [0.2, 0.25) is 0 Å². The SMILES string of the molecule is CCOP(=O)(O)OC.